The van der Waals surface area contributed by atoms with Gasteiger partial charge in [0.15, 0.2) is 0 Å². The average molecular weight is 248 g/mol. The summed E-state index contributed by atoms with van der Waals surface area (Å²) in [6, 6.07) is 3.36. The lowest BCUT2D eigenvalue weighted by Gasteiger charge is -2.38. The minimum Gasteiger partial charge on any atom is -0.347 e. The third kappa shape index (κ3) is 2.63. The predicted octanol–water partition coefficient (Wildman–Crippen LogP) is 2.06. The van der Waals surface area contributed by atoms with Crippen LogP contribution in [0.1, 0.15) is 51.0 Å². The summed E-state index contributed by atoms with van der Waals surface area (Å²) in [6.07, 6.45) is 7.57. The first kappa shape index (κ1) is 12.9. The SMILES string of the molecule is CCC(=O)NC1(c2ccc(=O)[nH]c2)CCCCC1. The van der Waals surface area contributed by atoms with E-state index in [2.05, 4.69) is 10.3 Å². The third-order valence-corrected chi connectivity index (χ3v) is 3.74. The second-order valence-corrected chi connectivity index (χ2v) is 4.99. The van der Waals surface area contributed by atoms with Crippen LogP contribution in [0.4, 0.5) is 0 Å². The molecule has 0 aromatic carbocycles. The molecule has 1 fully saturated rings. The molecule has 4 nitrogen and oxygen atoms in total. The molecule has 2 N–H and O–H groups in total. The van der Waals surface area contributed by atoms with Crippen molar-refractivity contribution in [2.45, 2.75) is 51.0 Å². The molecule has 0 unspecified atom stereocenters. The van der Waals surface area contributed by atoms with Crippen LogP contribution in [0.25, 0.3) is 0 Å². The Kier molecular flexibility index (Phi) is 3.84. The van der Waals surface area contributed by atoms with Crippen LogP contribution in [-0.2, 0) is 10.3 Å². The van der Waals surface area contributed by atoms with Crippen molar-refractivity contribution in [3.05, 3.63) is 34.2 Å². The molecule has 2 rings (SSSR count). The van der Waals surface area contributed by atoms with Gasteiger partial charge in [-0.3, -0.25) is 9.59 Å². The number of hydrogen-bond acceptors (Lipinski definition) is 2. The lowest BCUT2D eigenvalue weighted by Crippen LogP contribution is -2.47. The van der Waals surface area contributed by atoms with Gasteiger partial charge >= 0.3 is 0 Å². The zero-order valence-corrected chi connectivity index (χ0v) is 10.8. The minimum atomic E-state index is -0.282. The van der Waals surface area contributed by atoms with Gasteiger partial charge in [-0.1, -0.05) is 26.2 Å². The number of carbonyl (C=O) groups excluding carboxylic acids is 1. The van der Waals surface area contributed by atoms with Crippen LogP contribution in [0.2, 0.25) is 0 Å². The maximum atomic E-state index is 11.7. The van der Waals surface area contributed by atoms with Crippen molar-refractivity contribution in [3.8, 4) is 0 Å². The van der Waals surface area contributed by atoms with Gasteiger partial charge in [0.05, 0.1) is 5.54 Å². The smallest absolute Gasteiger partial charge is 0.247 e. The number of aromatic amines is 1. The molecule has 0 spiro atoms. The van der Waals surface area contributed by atoms with Crippen LogP contribution in [0, 0.1) is 0 Å². The molecule has 0 saturated heterocycles. The second-order valence-electron chi connectivity index (χ2n) is 4.99. The molecule has 1 aromatic rings. The van der Waals surface area contributed by atoms with Crippen molar-refractivity contribution >= 4 is 5.91 Å². The van der Waals surface area contributed by atoms with Gasteiger partial charge in [-0.2, -0.15) is 0 Å². The highest BCUT2D eigenvalue weighted by molar-refractivity contribution is 5.76. The van der Waals surface area contributed by atoms with Crippen molar-refractivity contribution in [2.75, 3.05) is 0 Å². The number of hydrogen-bond donors (Lipinski definition) is 2. The van der Waals surface area contributed by atoms with Gasteiger partial charge in [0, 0.05) is 18.7 Å². The molecule has 1 aliphatic carbocycles. The summed E-state index contributed by atoms with van der Waals surface area (Å²) in [7, 11) is 0. The van der Waals surface area contributed by atoms with E-state index < -0.39 is 0 Å². The molecule has 0 radical (unpaired) electrons. The number of rotatable bonds is 3. The van der Waals surface area contributed by atoms with E-state index in [0.717, 1.165) is 31.2 Å². The summed E-state index contributed by atoms with van der Waals surface area (Å²) in [5.41, 5.74) is 0.630. The lowest BCUT2D eigenvalue weighted by atomic mass is 9.77. The number of aromatic nitrogens is 1. The van der Waals surface area contributed by atoms with Crippen LogP contribution in [0.3, 0.4) is 0 Å². The number of nitrogens with one attached hydrogen (secondary N) is 2. The predicted molar refractivity (Wildman–Crippen MR) is 70.3 cm³/mol. The van der Waals surface area contributed by atoms with E-state index in [0.29, 0.717) is 6.42 Å². The van der Waals surface area contributed by atoms with Crippen LogP contribution >= 0.6 is 0 Å². The van der Waals surface area contributed by atoms with Gasteiger partial charge in [0.25, 0.3) is 0 Å². The summed E-state index contributed by atoms with van der Waals surface area (Å²) in [4.78, 5) is 25.6. The Bertz CT molecular complexity index is 452. The fourth-order valence-electron chi connectivity index (χ4n) is 2.70. The van der Waals surface area contributed by atoms with Gasteiger partial charge < -0.3 is 10.3 Å². The van der Waals surface area contributed by atoms with Crippen molar-refractivity contribution in [3.63, 3.8) is 0 Å². The first-order valence-corrected chi connectivity index (χ1v) is 6.66. The van der Waals surface area contributed by atoms with E-state index in [-0.39, 0.29) is 17.0 Å². The first-order chi connectivity index (χ1) is 8.66. The van der Waals surface area contributed by atoms with Crippen molar-refractivity contribution in [2.24, 2.45) is 0 Å². The summed E-state index contributed by atoms with van der Waals surface area (Å²) in [5.74, 6) is 0.0723. The quantitative estimate of drug-likeness (QED) is 0.860. The molecular weight excluding hydrogens is 228 g/mol. The van der Waals surface area contributed by atoms with Crippen molar-refractivity contribution in [1.82, 2.24) is 10.3 Å². The first-order valence-electron chi connectivity index (χ1n) is 6.66. The maximum Gasteiger partial charge on any atom is 0.247 e. The van der Waals surface area contributed by atoms with Crippen LogP contribution in [-0.4, -0.2) is 10.9 Å². The van der Waals surface area contributed by atoms with Gasteiger partial charge in [-0.05, 0) is 24.5 Å². The molecule has 98 valence electrons. The van der Waals surface area contributed by atoms with E-state index in [1.165, 1.54) is 12.5 Å². The second kappa shape index (κ2) is 5.38. The normalized spacial score (nSPS) is 18.3. The average Bonchev–Trinajstić information content (AvgIpc) is 2.40. The Morgan fingerprint density at radius 2 is 2.06 bits per heavy atom. The summed E-state index contributed by atoms with van der Waals surface area (Å²) >= 11 is 0. The molecule has 1 aliphatic rings. The van der Waals surface area contributed by atoms with E-state index in [9.17, 15) is 9.59 Å². The highest BCUT2D eigenvalue weighted by atomic mass is 16.1. The molecule has 18 heavy (non-hydrogen) atoms. The van der Waals surface area contributed by atoms with Gasteiger partial charge in [-0.15, -0.1) is 0 Å². The topological polar surface area (TPSA) is 62.0 Å². The number of amides is 1. The number of carbonyl (C=O) groups is 1. The minimum absolute atomic E-state index is 0.0723. The molecule has 4 heteroatoms. The number of H-pyrrole nitrogens is 1. The fraction of sp³-hybridized carbons (Fsp3) is 0.571. The molecule has 1 saturated carbocycles. The van der Waals surface area contributed by atoms with Crippen LogP contribution in [0.15, 0.2) is 23.1 Å². The zero-order chi connectivity index (χ0) is 13.0. The van der Waals surface area contributed by atoms with E-state index in [1.54, 1.807) is 6.20 Å². The molecule has 0 atom stereocenters. The van der Waals surface area contributed by atoms with Crippen LogP contribution < -0.4 is 10.9 Å². The third-order valence-electron chi connectivity index (χ3n) is 3.74. The molecule has 0 aliphatic heterocycles. The van der Waals surface area contributed by atoms with Crippen LogP contribution in [0.5, 0.6) is 0 Å². The highest BCUT2D eigenvalue weighted by Gasteiger charge is 2.35. The highest BCUT2D eigenvalue weighted by Crippen LogP contribution is 2.36. The standard InChI is InChI=1S/C14H20N2O2/c1-2-12(17)16-14(8-4-3-5-9-14)11-6-7-13(18)15-10-11/h6-7,10H,2-5,8-9H2,1H3,(H,15,18)(H,16,17). The number of pyridine rings is 1. The lowest BCUT2D eigenvalue weighted by molar-refractivity contribution is -0.123. The Hall–Kier alpha value is -1.58. The molecule has 1 heterocycles. The van der Waals surface area contributed by atoms with E-state index in [4.69, 9.17) is 0 Å². The molecule has 0 bridgehead atoms. The van der Waals surface area contributed by atoms with Crippen molar-refractivity contribution in [1.29, 1.82) is 0 Å². The Morgan fingerprint density at radius 3 is 2.61 bits per heavy atom. The molecule has 1 aromatic heterocycles. The van der Waals surface area contributed by atoms with Gasteiger partial charge in [0.1, 0.15) is 0 Å². The monoisotopic (exact) mass is 248 g/mol. The largest absolute Gasteiger partial charge is 0.347 e. The fourth-order valence-corrected chi connectivity index (χ4v) is 2.70. The Labute approximate surface area is 107 Å². The summed E-state index contributed by atoms with van der Waals surface area (Å²) in [6.45, 7) is 1.86. The van der Waals surface area contributed by atoms with Crippen molar-refractivity contribution < 1.29 is 4.79 Å². The van der Waals surface area contributed by atoms with Gasteiger partial charge in [-0.25, -0.2) is 0 Å². The Balaban J connectivity index is 2.31. The summed E-state index contributed by atoms with van der Waals surface area (Å²) in [5, 5.41) is 3.16. The van der Waals surface area contributed by atoms with E-state index in [1.807, 2.05) is 13.0 Å². The zero-order valence-electron chi connectivity index (χ0n) is 10.8. The van der Waals surface area contributed by atoms with Gasteiger partial charge in [0.2, 0.25) is 11.5 Å². The molecule has 1 amide bonds. The molecular formula is C14H20N2O2. The van der Waals surface area contributed by atoms with E-state index >= 15 is 0 Å². The Morgan fingerprint density at radius 1 is 1.33 bits per heavy atom. The summed E-state index contributed by atoms with van der Waals surface area (Å²) < 4.78 is 0. The maximum absolute atomic E-state index is 11.7.